The zero-order valence-electron chi connectivity index (χ0n) is 7.50. The van der Waals surface area contributed by atoms with Crippen molar-refractivity contribution in [3.05, 3.63) is 41.2 Å². The van der Waals surface area contributed by atoms with Crippen LogP contribution in [-0.2, 0) is 6.42 Å². The number of alkyl halides is 1. The summed E-state index contributed by atoms with van der Waals surface area (Å²) in [5.41, 5.74) is 1.03. The monoisotopic (exact) mass is 269 g/mol. The van der Waals surface area contributed by atoms with Crippen LogP contribution in [0.2, 0.25) is 5.15 Å². The third-order valence-electron chi connectivity index (χ3n) is 2.10. The Morgan fingerprint density at radius 3 is 2.86 bits per heavy atom. The number of nitrogens with zero attached hydrogens (tertiary/aromatic N) is 1. The highest BCUT2D eigenvalue weighted by Crippen LogP contribution is 2.22. The smallest absolute Gasteiger partial charge is 0.137 e. The van der Waals surface area contributed by atoms with Crippen molar-refractivity contribution in [2.75, 3.05) is 5.33 Å². The van der Waals surface area contributed by atoms with Crippen LogP contribution in [-0.4, -0.2) is 10.3 Å². The topological polar surface area (TPSA) is 12.9 Å². The van der Waals surface area contributed by atoms with Gasteiger partial charge in [0.1, 0.15) is 5.15 Å². The van der Waals surface area contributed by atoms with Gasteiger partial charge < -0.3 is 0 Å². The molecule has 0 saturated heterocycles. The lowest BCUT2D eigenvalue weighted by atomic mass is 10.1. The normalized spacial score (nSPS) is 10.7. The predicted octanol–water partition coefficient (Wildman–Crippen LogP) is 3.83. The number of hydrogen-bond acceptors (Lipinski definition) is 1. The SMILES string of the molecule is Clc1nc(CCBr)cc2ccccc12. The average molecular weight is 271 g/mol. The molecule has 0 spiro atoms. The minimum atomic E-state index is 0.596. The molecule has 0 aliphatic carbocycles. The van der Waals surface area contributed by atoms with Crippen molar-refractivity contribution in [2.24, 2.45) is 0 Å². The Balaban J connectivity index is 2.60. The number of fused-ring (bicyclic) bond motifs is 1. The highest BCUT2D eigenvalue weighted by molar-refractivity contribution is 9.09. The maximum Gasteiger partial charge on any atom is 0.137 e. The minimum Gasteiger partial charge on any atom is -0.240 e. The van der Waals surface area contributed by atoms with E-state index in [1.807, 2.05) is 18.2 Å². The van der Waals surface area contributed by atoms with Crippen LogP contribution in [0.1, 0.15) is 5.69 Å². The first-order chi connectivity index (χ1) is 6.81. The molecule has 0 saturated carbocycles. The first kappa shape index (κ1) is 9.94. The molecule has 0 unspecified atom stereocenters. The van der Waals surface area contributed by atoms with Crippen molar-refractivity contribution >= 4 is 38.3 Å². The van der Waals surface area contributed by atoms with Gasteiger partial charge >= 0.3 is 0 Å². The molecule has 0 N–H and O–H groups in total. The maximum atomic E-state index is 6.07. The molecule has 0 bridgehead atoms. The minimum absolute atomic E-state index is 0.596. The highest BCUT2D eigenvalue weighted by atomic mass is 79.9. The Labute approximate surface area is 96.2 Å². The van der Waals surface area contributed by atoms with Gasteiger partial charge in [-0.25, -0.2) is 4.98 Å². The molecule has 2 rings (SSSR count). The highest BCUT2D eigenvalue weighted by Gasteiger charge is 2.02. The van der Waals surface area contributed by atoms with Gasteiger partial charge in [0.05, 0.1) is 0 Å². The molecule has 14 heavy (non-hydrogen) atoms. The van der Waals surface area contributed by atoms with E-state index in [0.717, 1.165) is 28.2 Å². The third kappa shape index (κ3) is 1.91. The third-order valence-corrected chi connectivity index (χ3v) is 2.78. The van der Waals surface area contributed by atoms with E-state index in [1.54, 1.807) is 0 Å². The second-order valence-electron chi connectivity index (χ2n) is 3.06. The molecule has 1 aromatic heterocycles. The molecule has 0 radical (unpaired) electrons. The largest absolute Gasteiger partial charge is 0.240 e. The van der Waals surface area contributed by atoms with Crippen LogP contribution in [0.4, 0.5) is 0 Å². The molecule has 0 fully saturated rings. The van der Waals surface area contributed by atoms with Gasteiger partial charge in [0.15, 0.2) is 0 Å². The summed E-state index contributed by atoms with van der Waals surface area (Å²) in [6, 6.07) is 10.1. The van der Waals surface area contributed by atoms with Crippen LogP contribution in [0.5, 0.6) is 0 Å². The summed E-state index contributed by atoms with van der Waals surface area (Å²) in [7, 11) is 0. The van der Waals surface area contributed by atoms with Gasteiger partial charge in [0.2, 0.25) is 0 Å². The lowest BCUT2D eigenvalue weighted by Crippen LogP contribution is -1.92. The van der Waals surface area contributed by atoms with Crippen molar-refractivity contribution in [1.29, 1.82) is 0 Å². The Hall–Kier alpha value is -0.600. The standard InChI is InChI=1S/C11H9BrClN/c12-6-5-9-7-8-3-1-2-4-10(8)11(13)14-9/h1-4,7H,5-6H2. The summed E-state index contributed by atoms with van der Waals surface area (Å²) in [6.45, 7) is 0. The zero-order chi connectivity index (χ0) is 9.97. The van der Waals surface area contributed by atoms with Crippen molar-refractivity contribution in [3.63, 3.8) is 0 Å². The second-order valence-corrected chi connectivity index (χ2v) is 4.22. The molecule has 0 amide bonds. The van der Waals surface area contributed by atoms with E-state index in [1.165, 1.54) is 0 Å². The van der Waals surface area contributed by atoms with Gasteiger partial charge in [0.25, 0.3) is 0 Å². The Morgan fingerprint density at radius 1 is 1.29 bits per heavy atom. The predicted molar refractivity (Wildman–Crippen MR) is 64.3 cm³/mol. The van der Waals surface area contributed by atoms with Crippen LogP contribution >= 0.6 is 27.5 Å². The molecule has 3 heteroatoms. The number of rotatable bonds is 2. The van der Waals surface area contributed by atoms with E-state index in [4.69, 9.17) is 11.6 Å². The average Bonchev–Trinajstić information content (AvgIpc) is 2.18. The van der Waals surface area contributed by atoms with Crippen molar-refractivity contribution in [3.8, 4) is 0 Å². The first-order valence-electron chi connectivity index (χ1n) is 4.41. The van der Waals surface area contributed by atoms with Crippen LogP contribution in [0.25, 0.3) is 10.8 Å². The number of hydrogen-bond donors (Lipinski definition) is 0. The number of benzene rings is 1. The fourth-order valence-corrected chi connectivity index (χ4v) is 2.12. The van der Waals surface area contributed by atoms with Crippen molar-refractivity contribution < 1.29 is 0 Å². The van der Waals surface area contributed by atoms with Gasteiger partial charge in [-0.2, -0.15) is 0 Å². The summed E-state index contributed by atoms with van der Waals surface area (Å²) in [5.74, 6) is 0. The zero-order valence-corrected chi connectivity index (χ0v) is 9.85. The van der Waals surface area contributed by atoms with Gasteiger partial charge in [-0.3, -0.25) is 0 Å². The number of aryl methyl sites for hydroxylation is 1. The maximum absolute atomic E-state index is 6.07. The number of pyridine rings is 1. The number of halogens is 2. The molecule has 1 aromatic carbocycles. The fraction of sp³-hybridized carbons (Fsp3) is 0.182. The van der Waals surface area contributed by atoms with E-state index in [9.17, 15) is 0 Å². The van der Waals surface area contributed by atoms with Gasteiger partial charge in [-0.1, -0.05) is 51.8 Å². The summed E-state index contributed by atoms with van der Waals surface area (Å²) < 4.78 is 0. The lowest BCUT2D eigenvalue weighted by molar-refractivity contribution is 1.06. The first-order valence-corrected chi connectivity index (χ1v) is 5.91. The molecule has 1 nitrogen and oxygen atoms in total. The Kier molecular flexibility index (Phi) is 3.04. The molecule has 1 heterocycles. The van der Waals surface area contributed by atoms with Crippen LogP contribution < -0.4 is 0 Å². The fourth-order valence-electron chi connectivity index (χ4n) is 1.43. The van der Waals surface area contributed by atoms with Crippen molar-refractivity contribution in [2.45, 2.75) is 6.42 Å². The van der Waals surface area contributed by atoms with Gasteiger partial charge in [-0.05, 0) is 17.9 Å². The van der Waals surface area contributed by atoms with Crippen LogP contribution in [0, 0.1) is 0 Å². The number of aromatic nitrogens is 1. The van der Waals surface area contributed by atoms with Gasteiger partial charge in [-0.15, -0.1) is 0 Å². The molecule has 0 aliphatic rings. The van der Waals surface area contributed by atoms with E-state index in [-0.39, 0.29) is 0 Å². The van der Waals surface area contributed by atoms with Crippen LogP contribution in [0.3, 0.4) is 0 Å². The summed E-state index contributed by atoms with van der Waals surface area (Å²) in [6.07, 6.45) is 0.907. The molecule has 2 aromatic rings. The van der Waals surface area contributed by atoms with E-state index in [0.29, 0.717) is 5.15 Å². The quantitative estimate of drug-likeness (QED) is 0.597. The van der Waals surface area contributed by atoms with Gasteiger partial charge in [0, 0.05) is 16.4 Å². The van der Waals surface area contributed by atoms with Crippen molar-refractivity contribution in [1.82, 2.24) is 4.98 Å². The summed E-state index contributed by atoms with van der Waals surface area (Å²) >= 11 is 9.46. The molecule has 0 atom stereocenters. The van der Waals surface area contributed by atoms with E-state index in [2.05, 4.69) is 33.0 Å². The Bertz CT molecular complexity index is 456. The summed E-state index contributed by atoms with van der Waals surface area (Å²) in [4.78, 5) is 4.33. The second kappa shape index (κ2) is 4.28. The Morgan fingerprint density at radius 2 is 2.07 bits per heavy atom. The van der Waals surface area contributed by atoms with E-state index >= 15 is 0 Å². The molecule has 0 aliphatic heterocycles. The lowest BCUT2D eigenvalue weighted by Gasteiger charge is -2.03. The van der Waals surface area contributed by atoms with Crippen LogP contribution in [0.15, 0.2) is 30.3 Å². The van der Waals surface area contributed by atoms with E-state index < -0.39 is 0 Å². The molecular weight excluding hydrogens is 261 g/mol. The molecule has 72 valence electrons. The molecular formula is C11H9BrClN. The summed E-state index contributed by atoms with van der Waals surface area (Å²) in [5, 5.41) is 3.68.